The molecule has 1 unspecified atom stereocenters. The Morgan fingerprint density at radius 2 is 2.08 bits per heavy atom. The number of hydrogen-bond donors (Lipinski definition) is 1. The van der Waals surface area contributed by atoms with Crippen LogP contribution in [0.15, 0.2) is 30.9 Å². The Hall–Kier alpha value is -2.34. The standard InChI is InChI=1S/C19H24N2O4/c1-3-17(22)21-10-7-13(8-11-21)19(23)20-15-6-4-5-14-16(24-2)9-12-25-18(14)15/h3-6,13,16H,1,7-12H2,2H3,(H,20,23). The van der Waals surface area contributed by atoms with Gasteiger partial charge >= 0.3 is 0 Å². The number of methoxy groups -OCH3 is 1. The van der Waals surface area contributed by atoms with Crippen LogP contribution in [0.5, 0.6) is 5.75 Å². The van der Waals surface area contributed by atoms with E-state index in [0.717, 1.165) is 12.0 Å². The summed E-state index contributed by atoms with van der Waals surface area (Å²) in [5.74, 6) is 0.497. The van der Waals surface area contributed by atoms with Crippen LogP contribution in [0.25, 0.3) is 0 Å². The van der Waals surface area contributed by atoms with E-state index in [1.807, 2.05) is 18.2 Å². The lowest BCUT2D eigenvalue weighted by atomic mass is 9.95. The third-order valence-electron chi connectivity index (χ3n) is 4.91. The van der Waals surface area contributed by atoms with Crippen molar-refractivity contribution >= 4 is 17.5 Å². The van der Waals surface area contributed by atoms with Gasteiger partial charge in [-0.1, -0.05) is 18.7 Å². The molecule has 1 saturated heterocycles. The minimum absolute atomic E-state index is 0.00578. The Labute approximate surface area is 147 Å². The fraction of sp³-hybridized carbons (Fsp3) is 0.474. The van der Waals surface area contributed by atoms with Crippen molar-refractivity contribution in [2.75, 3.05) is 32.1 Å². The molecule has 1 fully saturated rings. The summed E-state index contributed by atoms with van der Waals surface area (Å²) in [5.41, 5.74) is 1.66. The molecule has 0 aliphatic carbocycles. The molecule has 1 atom stereocenters. The van der Waals surface area contributed by atoms with Crippen LogP contribution in [0.2, 0.25) is 0 Å². The van der Waals surface area contributed by atoms with Gasteiger partial charge in [0.2, 0.25) is 11.8 Å². The number of nitrogens with one attached hydrogen (secondary N) is 1. The monoisotopic (exact) mass is 344 g/mol. The number of fused-ring (bicyclic) bond motifs is 1. The average Bonchev–Trinajstić information content (AvgIpc) is 2.67. The van der Waals surface area contributed by atoms with Crippen molar-refractivity contribution in [1.29, 1.82) is 0 Å². The van der Waals surface area contributed by atoms with E-state index in [0.29, 0.717) is 44.0 Å². The highest BCUT2D eigenvalue weighted by Crippen LogP contribution is 2.39. The number of anilines is 1. The fourth-order valence-corrected chi connectivity index (χ4v) is 3.46. The molecule has 2 amide bonds. The second-order valence-corrected chi connectivity index (χ2v) is 6.38. The number of benzene rings is 1. The van der Waals surface area contributed by atoms with Crippen LogP contribution in [-0.4, -0.2) is 43.5 Å². The van der Waals surface area contributed by atoms with Gasteiger partial charge in [0, 0.05) is 38.1 Å². The van der Waals surface area contributed by atoms with Crippen LogP contribution in [-0.2, 0) is 14.3 Å². The Morgan fingerprint density at radius 3 is 2.76 bits per heavy atom. The summed E-state index contributed by atoms with van der Waals surface area (Å²) in [5, 5.41) is 3.00. The number of para-hydroxylation sites is 1. The number of carbonyl (C=O) groups excluding carboxylic acids is 2. The number of carbonyl (C=O) groups is 2. The van der Waals surface area contributed by atoms with E-state index >= 15 is 0 Å². The number of ether oxygens (including phenoxy) is 2. The van der Waals surface area contributed by atoms with Crippen LogP contribution < -0.4 is 10.1 Å². The summed E-state index contributed by atoms with van der Waals surface area (Å²) in [4.78, 5) is 26.0. The van der Waals surface area contributed by atoms with Gasteiger partial charge in [-0.15, -0.1) is 0 Å². The summed E-state index contributed by atoms with van der Waals surface area (Å²) in [6, 6.07) is 5.73. The minimum atomic E-state index is -0.105. The molecular formula is C19H24N2O4. The van der Waals surface area contributed by atoms with Crippen molar-refractivity contribution in [2.24, 2.45) is 5.92 Å². The van der Waals surface area contributed by atoms with Crippen molar-refractivity contribution in [1.82, 2.24) is 4.90 Å². The maximum Gasteiger partial charge on any atom is 0.245 e. The van der Waals surface area contributed by atoms with Gasteiger partial charge in [-0.05, 0) is 25.0 Å². The Morgan fingerprint density at radius 1 is 1.32 bits per heavy atom. The fourth-order valence-electron chi connectivity index (χ4n) is 3.46. The molecule has 1 N–H and O–H groups in total. The molecule has 0 radical (unpaired) electrons. The highest BCUT2D eigenvalue weighted by molar-refractivity contribution is 5.94. The lowest BCUT2D eigenvalue weighted by Crippen LogP contribution is -2.40. The van der Waals surface area contributed by atoms with Gasteiger partial charge in [-0.25, -0.2) is 0 Å². The number of piperidine rings is 1. The van der Waals surface area contributed by atoms with Gasteiger partial charge < -0.3 is 19.7 Å². The van der Waals surface area contributed by atoms with E-state index in [9.17, 15) is 9.59 Å². The van der Waals surface area contributed by atoms with Crippen molar-refractivity contribution in [2.45, 2.75) is 25.4 Å². The van der Waals surface area contributed by atoms with E-state index in [1.165, 1.54) is 6.08 Å². The average molecular weight is 344 g/mol. The molecule has 6 nitrogen and oxygen atoms in total. The normalized spacial score (nSPS) is 20.4. The van der Waals surface area contributed by atoms with Gasteiger partial charge in [0.1, 0.15) is 5.75 Å². The van der Waals surface area contributed by atoms with Crippen LogP contribution >= 0.6 is 0 Å². The number of rotatable bonds is 4. The molecule has 1 aromatic carbocycles. The van der Waals surface area contributed by atoms with E-state index in [-0.39, 0.29) is 23.8 Å². The van der Waals surface area contributed by atoms with Crippen molar-refractivity contribution in [3.8, 4) is 5.75 Å². The van der Waals surface area contributed by atoms with Gasteiger partial charge in [0.25, 0.3) is 0 Å². The van der Waals surface area contributed by atoms with Gasteiger partial charge in [-0.3, -0.25) is 9.59 Å². The molecule has 0 aromatic heterocycles. The van der Waals surface area contributed by atoms with Gasteiger partial charge in [0.05, 0.1) is 18.4 Å². The second-order valence-electron chi connectivity index (χ2n) is 6.38. The summed E-state index contributed by atoms with van der Waals surface area (Å²) < 4.78 is 11.3. The SMILES string of the molecule is C=CC(=O)N1CCC(C(=O)Nc2cccc3c2OCCC3OC)CC1. The summed E-state index contributed by atoms with van der Waals surface area (Å²) in [6.07, 6.45) is 3.43. The summed E-state index contributed by atoms with van der Waals surface area (Å²) in [7, 11) is 1.68. The first-order valence-corrected chi connectivity index (χ1v) is 8.64. The molecule has 0 spiro atoms. The largest absolute Gasteiger partial charge is 0.491 e. The molecule has 2 aliphatic heterocycles. The van der Waals surface area contributed by atoms with Crippen LogP contribution in [0.4, 0.5) is 5.69 Å². The molecule has 6 heteroatoms. The number of amides is 2. The first-order chi connectivity index (χ1) is 12.1. The third kappa shape index (κ3) is 3.69. The zero-order valence-electron chi connectivity index (χ0n) is 14.5. The van der Waals surface area contributed by atoms with Gasteiger partial charge in [-0.2, -0.15) is 0 Å². The van der Waals surface area contributed by atoms with E-state index in [4.69, 9.17) is 9.47 Å². The Bertz CT molecular complexity index is 665. The van der Waals surface area contributed by atoms with E-state index in [2.05, 4.69) is 11.9 Å². The van der Waals surface area contributed by atoms with Crippen LogP contribution in [0.3, 0.4) is 0 Å². The van der Waals surface area contributed by atoms with Gasteiger partial charge in [0.15, 0.2) is 0 Å². The van der Waals surface area contributed by atoms with E-state index in [1.54, 1.807) is 12.0 Å². The molecule has 134 valence electrons. The molecule has 2 heterocycles. The topological polar surface area (TPSA) is 67.9 Å². The highest BCUT2D eigenvalue weighted by Gasteiger charge is 2.28. The highest BCUT2D eigenvalue weighted by atomic mass is 16.5. The zero-order chi connectivity index (χ0) is 17.8. The second kappa shape index (κ2) is 7.70. The maximum atomic E-state index is 12.6. The molecule has 25 heavy (non-hydrogen) atoms. The van der Waals surface area contributed by atoms with E-state index < -0.39 is 0 Å². The molecule has 3 rings (SSSR count). The summed E-state index contributed by atoms with van der Waals surface area (Å²) >= 11 is 0. The lowest BCUT2D eigenvalue weighted by molar-refractivity contribution is -0.130. The molecule has 0 saturated carbocycles. The minimum Gasteiger partial charge on any atom is -0.491 e. The zero-order valence-corrected chi connectivity index (χ0v) is 14.5. The molecule has 2 aliphatic rings. The van der Waals surface area contributed by atoms with Crippen molar-refractivity contribution in [3.05, 3.63) is 36.4 Å². The molecular weight excluding hydrogens is 320 g/mol. The maximum absolute atomic E-state index is 12.6. The Balaban J connectivity index is 1.66. The quantitative estimate of drug-likeness (QED) is 0.852. The molecule has 1 aromatic rings. The van der Waals surface area contributed by atoms with Crippen LogP contribution in [0, 0.1) is 5.92 Å². The lowest BCUT2D eigenvalue weighted by Gasteiger charge is -2.31. The number of nitrogens with zero attached hydrogens (tertiary/aromatic N) is 1. The summed E-state index contributed by atoms with van der Waals surface area (Å²) in [6.45, 7) is 5.24. The first kappa shape index (κ1) is 17.5. The van der Waals surface area contributed by atoms with Crippen LogP contribution in [0.1, 0.15) is 30.9 Å². The number of hydrogen-bond acceptors (Lipinski definition) is 4. The predicted octanol–water partition coefficient (Wildman–Crippen LogP) is 2.52. The van der Waals surface area contributed by atoms with Crippen molar-refractivity contribution < 1.29 is 19.1 Å². The smallest absolute Gasteiger partial charge is 0.245 e. The Kier molecular flexibility index (Phi) is 5.38. The molecule has 0 bridgehead atoms. The van der Waals surface area contributed by atoms with Crippen molar-refractivity contribution in [3.63, 3.8) is 0 Å². The first-order valence-electron chi connectivity index (χ1n) is 8.64. The number of likely N-dealkylation sites (tertiary alicyclic amines) is 1. The predicted molar refractivity (Wildman–Crippen MR) is 94.4 cm³/mol. The third-order valence-corrected chi connectivity index (χ3v) is 4.91.